The van der Waals surface area contributed by atoms with Crippen molar-refractivity contribution in [2.45, 2.75) is 58.7 Å². The second kappa shape index (κ2) is 8.04. The molecule has 8 nitrogen and oxygen atoms in total. The molecule has 3 N–H and O–H groups in total. The number of fused-ring (bicyclic) bond motifs is 1. The van der Waals surface area contributed by atoms with Crippen LogP contribution in [0.5, 0.6) is 0 Å². The maximum Gasteiger partial charge on any atom is 0.229 e. The summed E-state index contributed by atoms with van der Waals surface area (Å²) < 4.78 is 0. The van der Waals surface area contributed by atoms with Crippen LogP contribution in [-0.2, 0) is 0 Å². The van der Waals surface area contributed by atoms with E-state index in [1.54, 1.807) is 0 Å². The molecule has 156 valence electrons. The highest BCUT2D eigenvalue weighted by atomic mass is 16.3. The Morgan fingerprint density at radius 3 is 2.48 bits per heavy atom. The van der Waals surface area contributed by atoms with Crippen molar-refractivity contribution in [3.8, 4) is 0 Å². The smallest absolute Gasteiger partial charge is 0.229 e. The standard InChI is InChI=1S/C21H31N7O/c1-14(2)27-18-19(22-16-9-6-5-7-10-16)23-21(26-12-8-11-17(26)13-29)24-20(18)28(25-27)15(3)4/h5-7,9-10,14-15,17,25,29H,8,11-13H2,1-4H3,(H,22,23,24)/t17-/m1/s1. The molecule has 29 heavy (non-hydrogen) atoms. The van der Waals surface area contributed by atoms with E-state index in [4.69, 9.17) is 9.97 Å². The molecule has 0 radical (unpaired) electrons. The minimum Gasteiger partial charge on any atom is -0.394 e. The lowest BCUT2D eigenvalue weighted by molar-refractivity contribution is 0.265. The van der Waals surface area contributed by atoms with Gasteiger partial charge in [0.2, 0.25) is 5.95 Å². The monoisotopic (exact) mass is 397 g/mol. The molecular weight excluding hydrogens is 366 g/mol. The number of para-hydroxylation sites is 1. The van der Waals surface area contributed by atoms with E-state index in [2.05, 4.69) is 53.5 Å². The zero-order valence-corrected chi connectivity index (χ0v) is 17.6. The van der Waals surface area contributed by atoms with Gasteiger partial charge in [0.05, 0.1) is 12.6 Å². The summed E-state index contributed by atoms with van der Waals surface area (Å²) in [4.78, 5) is 12.0. The molecule has 8 heteroatoms. The van der Waals surface area contributed by atoms with Gasteiger partial charge in [-0.1, -0.05) is 18.2 Å². The van der Waals surface area contributed by atoms with Crippen molar-refractivity contribution in [1.82, 2.24) is 15.5 Å². The lowest BCUT2D eigenvalue weighted by Gasteiger charge is -2.27. The minimum atomic E-state index is 0.0701. The van der Waals surface area contributed by atoms with Gasteiger partial charge >= 0.3 is 0 Å². The average molecular weight is 398 g/mol. The first-order valence-electron chi connectivity index (χ1n) is 10.5. The Morgan fingerprint density at radius 2 is 1.83 bits per heavy atom. The van der Waals surface area contributed by atoms with Crippen molar-refractivity contribution in [1.29, 1.82) is 0 Å². The lowest BCUT2D eigenvalue weighted by Crippen LogP contribution is -2.50. The fraction of sp³-hybridized carbons (Fsp3) is 0.524. The van der Waals surface area contributed by atoms with Crippen LogP contribution in [0.25, 0.3) is 0 Å². The Labute approximate surface area is 172 Å². The van der Waals surface area contributed by atoms with Crippen LogP contribution in [0, 0.1) is 0 Å². The Balaban J connectivity index is 1.84. The third-order valence-corrected chi connectivity index (χ3v) is 5.45. The molecule has 2 aromatic rings. The molecule has 0 bridgehead atoms. The van der Waals surface area contributed by atoms with Crippen molar-refractivity contribution in [2.24, 2.45) is 0 Å². The van der Waals surface area contributed by atoms with Crippen LogP contribution < -0.4 is 25.8 Å². The molecule has 1 saturated heterocycles. The highest BCUT2D eigenvalue weighted by molar-refractivity contribution is 5.85. The summed E-state index contributed by atoms with van der Waals surface area (Å²) in [6, 6.07) is 10.6. The van der Waals surface area contributed by atoms with E-state index < -0.39 is 0 Å². The van der Waals surface area contributed by atoms with Gasteiger partial charge in [-0.15, -0.1) is 5.53 Å². The van der Waals surface area contributed by atoms with Crippen molar-refractivity contribution >= 4 is 29.0 Å². The summed E-state index contributed by atoms with van der Waals surface area (Å²) in [5.74, 6) is 2.29. The van der Waals surface area contributed by atoms with E-state index in [9.17, 15) is 5.11 Å². The van der Waals surface area contributed by atoms with Crippen LogP contribution in [0.15, 0.2) is 30.3 Å². The molecule has 2 aliphatic heterocycles. The molecule has 3 heterocycles. The van der Waals surface area contributed by atoms with E-state index in [1.165, 1.54) is 0 Å². The Morgan fingerprint density at radius 1 is 1.10 bits per heavy atom. The van der Waals surface area contributed by atoms with Gasteiger partial charge in [0.15, 0.2) is 11.6 Å². The first-order valence-corrected chi connectivity index (χ1v) is 10.5. The number of nitrogens with one attached hydrogen (secondary N) is 2. The van der Waals surface area contributed by atoms with Gasteiger partial charge < -0.3 is 15.3 Å². The molecule has 0 saturated carbocycles. The quantitative estimate of drug-likeness (QED) is 0.686. The first-order chi connectivity index (χ1) is 14.0. The molecule has 1 aromatic heterocycles. The highest BCUT2D eigenvalue weighted by Gasteiger charge is 2.36. The van der Waals surface area contributed by atoms with Crippen LogP contribution in [0.2, 0.25) is 0 Å². The number of hydrogen-bond acceptors (Lipinski definition) is 8. The number of anilines is 5. The van der Waals surface area contributed by atoms with Gasteiger partial charge in [0.1, 0.15) is 5.69 Å². The fourth-order valence-corrected chi connectivity index (χ4v) is 3.93. The highest BCUT2D eigenvalue weighted by Crippen LogP contribution is 2.42. The predicted molar refractivity (Wildman–Crippen MR) is 118 cm³/mol. The number of aliphatic hydroxyl groups excluding tert-OH is 1. The molecule has 0 unspecified atom stereocenters. The minimum absolute atomic E-state index is 0.0701. The Bertz CT molecular complexity index is 842. The summed E-state index contributed by atoms with van der Waals surface area (Å²) in [6.07, 6.45) is 2.00. The normalized spacial score (nSPS) is 18.9. The van der Waals surface area contributed by atoms with Gasteiger partial charge in [-0.05, 0) is 52.7 Å². The average Bonchev–Trinajstić information content (AvgIpc) is 3.33. The number of nitrogens with zero attached hydrogens (tertiary/aromatic N) is 5. The van der Waals surface area contributed by atoms with Crippen LogP contribution >= 0.6 is 0 Å². The molecule has 0 amide bonds. The van der Waals surface area contributed by atoms with E-state index in [0.717, 1.165) is 42.4 Å². The summed E-state index contributed by atoms with van der Waals surface area (Å²) >= 11 is 0. The Hall–Kier alpha value is -2.58. The first kappa shape index (κ1) is 19.7. The molecule has 1 aromatic carbocycles. The zero-order chi connectivity index (χ0) is 20.5. The number of aromatic nitrogens is 2. The van der Waals surface area contributed by atoms with Crippen molar-refractivity contribution in [3.63, 3.8) is 0 Å². The van der Waals surface area contributed by atoms with Gasteiger partial charge in [-0.3, -0.25) is 10.0 Å². The number of aliphatic hydroxyl groups is 1. The van der Waals surface area contributed by atoms with Crippen LogP contribution in [-0.4, -0.2) is 46.4 Å². The Kier molecular flexibility index (Phi) is 5.47. The molecule has 1 atom stereocenters. The summed E-state index contributed by atoms with van der Waals surface area (Å²) in [5.41, 5.74) is 5.40. The second-order valence-corrected chi connectivity index (χ2v) is 8.23. The second-order valence-electron chi connectivity index (χ2n) is 8.23. The number of rotatable bonds is 6. The van der Waals surface area contributed by atoms with Crippen molar-refractivity contribution < 1.29 is 5.11 Å². The predicted octanol–water partition coefficient (Wildman–Crippen LogP) is 3.04. The van der Waals surface area contributed by atoms with Crippen LogP contribution in [0.1, 0.15) is 40.5 Å². The molecular formula is C21H31N7O. The number of hydrogen-bond donors (Lipinski definition) is 3. The fourth-order valence-electron chi connectivity index (χ4n) is 3.93. The van der Waals surface area contributed by atoms with Crippen molar-refractivity contribution in [3.05, 3.63) is 30.3 Å². The summed E-state index contributed by atoms with van der Waals surface area (Å²) in [7, 11) is 0. The summed E-state index contributed by atoms with van der Waals surface area (Å²) in [6.45, 7) is 9.54. The SMILES string of the molecule is CC(C)N1NN(C(C)C)c2c(Nc3ccccc3)nc(N3CCC[C@@H]3CO)nc21. The molecule has 0 spiro atoms. The van der Waals surface area contributed by atoms with E-state index in [-0.39, 0.29) is 24.7 Å². The summed E-state index contributed by atoms with van der Waals surface area (Å²) in [5, 5.41) is 17.5. The van der Waals surface area contributed by atoms with Gasteiger partial charge in [-0.25, -0.2) is 0 Å². The maximum atomic E-state index is 9.81. The van der Waals surface area contributed by atoms with Gasteiger partial charge in [-0.2, -0.15) is 9.97 Å². The number of hydrazine groups is 2. The largest absolute Gasteiger partial charge is 0.394 e. The van der Waals surface area contributed by atoms with Gasteiger partial charge in [0, 0.05) is 24.3 Å². The van der Waals surface area contributed by atoms with Crippen molar-refractivity contribution in [2.75, 3.05) is 33.4 Å². The van der Waals surface area contributed by atoms with Gasteiger partial charge in [0.25, 0.3) is 0 Å². The molecule has 0 aliphatic carbocycles. The molecule has 2 aliphatic rings. The topological polar surface area (TPSA) is 79.8 Å². The van der Waals surface area contributed by atoms with E-state index in [0.29, 0.717) is 5.95 Å². The third-order valence-electron chi connectivity index (χ3n) is 5.45. The maximum absolute atomic E-state index is 9.81. The van der Waals surface area contributed by atoms with Crippen LogP contribution in [0.4, 0.5) is 29.0 Å². The zero-order valence-electron chi connectivity index (χ0n) is 17.6. The van der Waals surface area contributed by atoms with Crippen LogP contribution in [0.3, 0.4) is 0 Å². The van der Waals surface area contributed by atoms with E-state index >= 15 is 0 Å². The molecule has 4 rings (SSSR count). The van der Waals surface area contributed by atoms with E-state index in [1.807, 2.05) is 30.3 Å². The third kappa shape index (κ3) is 3.70. The number of benzene rings is 1. The lowest BCUT2D eigenvalue weighted by atomic mass is 10.2. The molecule has 1 fully saturated rings.